The van der Waals surface area contributed by atoms with Crippen LogP contribution in [0.15, 0.2) is 18.2 Å². The predicted molar refractivity (Wildman–Crippen MR) is 70.3 cm³/mol. The van der Waals surface area contributed by atoms with Crippen molar-refractivity contribution in [3.05, 3.63) is 23.8 Å². The topological polar surface area (TPSA) is 64.6 Å². The molecule has 5 heteroatoms. The number of amides is 1. The highest BCUT2D eigenvalue weighted by atomic mass is 16.5. The SMILES string of the molecule is CCOC(=O)c1ccc(OC)c(NC(=O)C2CC2)c1. The van der Waals surface area contributed by atoms with Crippen molar-refractivity contribution in [2.45, 2.75) is 19.8 Å². The summed E-state index contributed by atoms with van der Waals surface area (Å²) < 4.78 is 10.1. The third-order valence-electron chi connectivity index (χ3n) is 2.92. The molecule has 0 radical (unpaired) electrons. The van der Waals surface area contributed by atoms with Crippen LogP contribution in [-0.4, -0.2) is 25.6 Å². The van der Waals surface area contributed by atoms with Gasteiger partial charge in [-0.3, -0.25) is 4.79 Å². The molecule has 1 fully saturated rings. The summed E-state index contributed by atoms with van der Waals surface area (Å²) in [6.07, 6.45) is 1.84. The zero-order valence-electron chi connectivity index (χ0n) is 11.1. The molecule has 1 saturated carbocycles. The maximum absolute atomic E-state index is 11.8. The normalized spacial score (nSPS) is 13.8. The summed E-state index contributed by atoms with van der Waals surface area (Å²) in [6.45, 7) is 2.06. The van der Waals surface area contributed by atoms with Gasteiger partial charge in [0.25, 0.3) is 0 Å². The smallest absolute Gasteiger partial charge is 0.338 e. The Morgan fingerprint density at radius 2 is 2.11 bits per heavy atom. The summed E-state index contributed by atoms with van der Waals surface area (Å²) in [6, 6.07) is 4.84. The Labute approximate surface area is 111 Å². The fraction of sp³-hybridized carbons (Fsp3) is 0.429. The van der Waals surface area contributed by atoms with Gasteiger partial charge >= 0.3 is 5.97 Å². The number of hydrogen-bond acceptors (Lipinski definition) is 4. The van der Waals surface area contributed by atoms with Crippen molar-refractivity contribution in [3.8, 4) is 5.75 Å². The molecule has 0 atom stereocenters. The minimum absolute atomic E-state index is 0.0284. The van der Waals surface area contributed by atoms with Crippen molar-refractivity contribution in [3.63, 3.8) is 0 Å². The fourth-order valence-electron chi connectivity index (χ4n) is 1.73. The molecular formula is C14H17NO4. The van der Waals surface area contributed by atoms with E-state index in [0.717, 1.165) is 12.8 Å². The van der Waals surface area contributed by atoms with Crippen molar-refractivity contribution >= 4 is 17.6 Å². The Morgan fingerprint density at radius 3 is 2.68 bits per heavy atom. The van der Waals surface area contributed by atoms with E-state index < -0.39 is 5.97 Å². The molecule has 2 rings (SSSR count). The molecular weight excluding hydrogens is 246 g/mol. The van der Waals surface area contributed by atoms with Crippen LogP contribution in [0.25, 0.3) is 0 Å². The highest BCUT2D eigenvalue weighted by Gasteiger charge is 2.30. The van der Waals surface area contributed by atoms with Crippen molar-refractivity contribution in [1.82, 2.24) is 0 Å². The number of carbonyl (C=O) groups excluding carboxylic acids is 2. The van der Waals surface area contributed by atoms with Crippen molar-refractivity contribution in [2.24, 2.45) is 5.92 Å². The Hall–Kier alpha value is -2.04. The first-order valence-electron chi connectivity index (χ1n) is 6.31. The van der Waals surface area contributed by atoms with E-state index >= 15 is 0 Å². The van der Waals surface area contributed by atoms with Gasteiger partial charge < -0.3 is 14.8 Å². The van der Waals surface area contributed by atoms with Crippen LogP contribution < -0.4 is 10.1 Å². The number of carbonyl (C=O) groups is 2. The number of benzene rings is 1. The van der Waals surface area contributed by atoms with Crippen LogP contribution in [0.4, 0.5) is 5.69 Å². The molecule has 0 heterocycles. The first-order valence-corrected chi connectivity index (χ1v) is 6.31. The van der Waals surface area contributed by atoms with Crippen molar-refractivity contribution < 1.29 is 19.1 Å². The molecule has 102 valence electrons. The molecule has 1 N–H and O–H groups in total. The largest absolute Gasteiger partial charge is 0.495 e. The lowest BCUT2D eigenvalue weighted by molar-refractivity contribution is -0.117. The lowest BCUT2D eigenvalue weighted by atomic mass is 10.2. The second-order valence-electron chi connectivity index (χ2n) is 4.40. The van der Waals surface area contributed by atoms with Crippen LogP contribution in [0.3, 0.4) is 0 Å². The van der Waals surface area contributed by atoms with E-state index in [1.165, 1.54) is 7.11 Å². The van der Waals surface area contributed by atoms with Gasteiger partial charge in [0, 0.05) is 5.92 Å². The zero-order valence-corrected chi connectivity index (χ0v) is 11.1. The highest BCUT2D eigenvalue weighted by Crippen LogP contribution is 2.32. The van der Waals surface area contributed by atoms with E-state index in [1.807, 2.05) is 0 Å². The van der Waals surface area contributed by atoms with Crippen LogP contribution in [0.1, 0.15) is 30.1 Å². The van der Waals surface area contributed by atoms with E-state index in [4.69, 9.17) is 9.47 Å². The number of nitrogens with one attached hydrogen (secondary N) is 1. The number of anilines is 1. The van der Waals surface area contributed by atoms with Crippen LogP contribution in [0, 0.1) is 5.92 Å². The van der Waals surface area contributed by atoms with E-state index in [0.29, 0.717) is 23.6 Å². The maximum atomic E-state index is 11.8. The minimum atomic E-state index is -0.410. The quantitative estimate of drug-likeness (QED) is 0.827. The molecule has 1 aliphatic carbocycles. The molecule has 19 heavy (non-hydrogen) atoms. The van der Waals surface area contributed by atoms with E-state index in [2.05, 4.69) is 5.32 Å². The second-order valence-corrected chi connectivity index (χ2v) is 4.40. The van der Waals surface area contributed by atoms with Gasteiger partial charge in [-0.1, -0.05) is 0 Å². The number of esters is 1. The number of methoxy groups -OCH3 is 1. The number of ether oxygens (including phenoxy) is 2. The third kappa shape index (κ3) is 3.24. The second kappa shape index (κ2) is 5.73. The van der Waals surface area contributed by atoms with Gasteiger partial charge in [-0.25, -0.2) is 4.79 Å². The summed E-state index contributed by atoms with van der Waals surface area (Å²) >= 11 is 0. The molecule has 1 amide bonds. The standard InChI is InChI=1S/C14H17NO4/c1-3-19-14(17)10-6-7-12(18-2)11(8-10)15-13(16)9-4-5-9/h6-9H,3-5H2,1-2H3,(H,15,16). The molecule has 0 unspecified atom stereocenters. The Balaban J connectivity index is 2.20. The molecule has 1 aromatic carbocycles. The molecule has 5 nitrogen and oxygen atoms in total. The summed E-state index contributed by atoms with van der Waals surface area (Å²) in [7, 11) is 1.52. The maximum Gasteiger partial charge on any atom is 0.338 e. The average molecular weight is 263 g/mol. The van der Waals surface area contributed by atoms with Crippen LogP contribution >= 0.6 is 0 Å². The highest BCUT2D eigenvalue weighted by molar-refractivity contribution is 5.97. The summed E-state index contributed by atoms with van der Waals surface area (Å²) in [5, 5.41) is 2.79. The first kappa shape index (κ1) is 13.4. The van der Waals surface area contributed by atoms with Gasteiger partial charge in [0.15, 0.2) is 0 Å². The fourth-order valence-corrected chi connectivity index (χ4v) is 1.73. The van der Waals surface area contributed by atoms with Crippen LogP contribution in [0.5, 0.6) is 5.75 Å². The first-order chi connectivity index (χ1) is 9.15. The minimum Gasteiger partial charge on any atom is -0.495 e. The Bertz CT molecular complexity index is 494. The Kier molecular flexibility index (Phi) is 4.04. The number of hydrogen-bond donors (Lipinski definition) is 1. The molecule has 0 spiro atoms. The van der Waals surface area contributed by atoms with Gasteiger partial charge in [-0.05, 0) is 38.0 Å². The van der Waals surface area contributed by atoms with Gasteiger partial charge in [0.1, 0.15) is 5.75 Å². The number of rotatable bonds is 5. The lowest BCUT2D eigenvalue weighted by Gasteiger charge is -2.11. The summed E-state index contributed by atoms with van der Waals surface area (Å²) in [4.78, 5) is 23.4. The molecule has 0 aliphatic heterocycles. The molecule has 1 aromatic rings. The molecule has 0 aromatic heterocycles. The van der Waals surface area contributed by atoms with Gasteiger partial charge in [0.2, 0.25) is 5.91 Å². The van der Waals surface area contributed by atoms with E-state index in [1.54, 1.807) is 25.1 Å². The zero-order chi connectivity index (χ0) is 13.8. The molecule has 1 aliphatic rings. The average Bonchev–Trinajstić information content (AvgIpc) is 3.23. The van der Waals surface area contributed by atoms with Crippen molar-refractivity contribution in [2.75, 3.05) is 19.0 Å². The van der Waals surface area contributed by atoms with Crippen LogP contribution in [0.2, 0.25) is 0 Å². The van der Waals surface area contributed by atoms with Crippen LogP contribution in [-0.2, 0) is 9.53 Å². The summed E-state index contributed by atoms with van der Waals surface area (Å²) in [5.74, 6) is 0.185. The predicted octanol–water partition coefficient (Wildman–Crippen LogP) is 2.22. The molecule has 0 bridgehead atoms. The van der Waals surface area contributed by atoms with Gasteiger partial charge in [0.05, 0.1) is 25.0 Å². The lowest BCUT2D eigenvalue weighted by Crippen LogP contribution is -2.15. The monoisotopic (exact) mass is 263 g/mol. The Morgan fingerprint density at radius 1 is 1.37 bits per heavy atom. The summed E-state index contributed by atoms with van der Waals surface area (Å²) in [5.41, 5.74) is 0.902. The van der Waals surface area contributed by atoms with E-state index in [9.17, 15) is 9.59 Å². The molecule has 0 saturated heterocycles. The van der Waals surface area contributed by atoms with Gasteiger partial charge in [-0.15, -0.1) is 0 Å². The van der Waals surface area contributed by atoms with E-state index in [-0.39, 0.29) is 11.8 Å². The van der Waals surface area contributed by atoms with Crippen molar-refractivity contribution in [1.29, 1.82) is 0 Å². The third-order valence-corrected chi connectivity index (χ3v) is 2.92. The van der Waals surface area contributed by atoms with Gasteiger partial charge in [-0.2, -0.15) is 0 Å².